The van der Waals surface area contributed by atoms with E-state index in [-0.39, 0.29) is 17.6 Å². The van der Waals surface area contributed by atoms with E-state index in [4.69, 9.17) is 4.74 Å². The van der Waals surface area contributed by atoms with E-state index in [9.17, 15) is 4.79 Å². The normalized spacial score (nSPS) is 24.5. The van der Waals surface area contributed by atoms with Crippen molar-refractivity contribution < 1.29 is 9.53 Å². The first-order valence-electron chi connectivity index (χ1n) is 9.76. The van der Waals surface area contributed by atoms with E-state index in [0.717, 1.165) is 18.4 Å². The van der Waals surface area contributed by atoms with Gasteiger partial charge in [-0.05, 0) is 50.3 Å². The number of carbonyl (C=O) groups excluding carboxylic acids is 1. The van der Waals surface area contributed by atoms with Gasteiger partial charge in [-0.3, -0.25) is 0 Å². The Hall–Kier alpha value is -2.33. The smallest absolute Gasteiger partial charge is 0.319 e. The van der Waals surface area contributed by atoms with Crippen LogP contribution in [0.25, 0.3) is 0 Å². The van der Waals surface area contributed by atoms with Crippen LogP contribution in [0.1, 0.15) is 49.9 Å². The van der Waals surface area contributed by atoms with Crippen LogP contribution >= 0.6 is 0 Å². The molecule has 0 aromatic heterocycles. The zero-order valence-electron chi connectivity index (χ0n) is 16.4. The molecular weight excluding hydrogens is 336 g/mol. The summed E-state index contributed by atoms with van der Waals surface area (Å²) in [6, 6.07) is 18.5. The first kappa shape index (κ1) is 18.1. The molecule has 1 N–H and O–H groups in total. The van der Waals surface area contributed by atoms with Crippen LogP contribution in [0.4, 0.5) is 4.79 Å². The quantitative estimate of drug-likeness (QED) is 0.858. The summed E-state index contributed by atoms with van der Waals surface area (Å²) in [5, 5.41) is 3.23. The molecule has 0 radical (unpaired) electrons. The summed E-state index contributed by atoms with van der Waals surface area (Å²) in [6.45, 7) is 7.34. The molecule has 1 heterocycles. The van der Waals surface area contributed by atoms with Gasteiger partial charge in [0.2, 0.25) is 0 Å². The summed E-state index contributed by atoms with van der Waals surface area (Å²) < 4.78 is 6.03. The van der Waals surface area contributed by atoms with E-state index in [0.29, 0.717) is 13.2 Å². The number of carbonyl (C=O) groups is 1. The highest BCUT2D eigenvalue weighted by Gasteiger charge is 2.54. The first-order chi connectivity index (χ1) is 12.9. The lowest BCUT2D eigenvalue weighted by molar-refractivity contribution is -0.117. The largest absolute Gasteiger partial charge is 0.376 e. The van der Waals surface area contributed by atoms with Gasteiger partial charge >= 0.3 is 6.03 Å². The summed E-state index contributed by atoms with van der Waals surface area (Å²) >= 11 is 0. The van der Waals surface area contributed by atoms with Crippen molar-refractivity contribution in [2.24, 2.45) is 0 Å². The van der Waals surface area contributed by atoms with Gasteiger partial charge in [-0.2, -0.15) is 0 Å². The molecule has 0 saturated carbocycles. The van der Waals surface area contributed by atoms with E-state index in [2.05, 4.69) is 60.5 Å². The minimum absolute atomic E-state index is 0.0173. The number of benzene rings is 2. The lowest BCUT2D eigenvalue weighted by Crippen LogP contribution is -2.67. The summed E-state index contributed by atoms with van der Waals surface area (Å²) in [4.78, 5) is 15.6. The summed E-state index contributed by atoms with van der Waals surface area (Å²) in [5.41, 5.74) is 2.90. The third-order valence-electron chi connectivity index (χ3n) is 6.00. The Morgan fingerprint density at radius 2 is 1.78 bits per heavy atom. The van der Waals surface area contributed by atoms with Gasteiger partial charge in [0.05, 0.1) is 30.3 Å². The van der Waals surface area contributed by atoms with Crippen LogP contribution in [0, 0.1) is 0 Å². The summed E-state index contributed by atoms with van der Waals surface area (Å²) in [5.74, 6) is 0. The number of amides is 2. The van der Waals surface area contributed by atoms with Crippen LogP contribution in [-0.2, 0) is 16.7 Å². The highest BCUT2D eigenvalue weighted by molar-refractivity contribution is 5.77. The molecule has 142 valence electrons. The van der Waals surface area contributed by atoms with Crippen molar-refractivity contribution in [2.45, 2.75) is 50.7 Å². The average molecular weight is 364 g/mol. The van der Waals surface area contributed by atoms with Crippen molar-refractivity contribution in [1.82, 2.24) is 10.2 Å². The molecule has 4 heteroatoms. The number of nitrogens with zero attached hydrogens (tertiary/aromatic N) is 1. The number of hydrogen-bond acceptors (Lipinski definition) is 2. The number of nitrogens with one attached hydrogen (secondary N) is 1. The molecule has 2 aromatic carbocycles. The molecule has 4 nitrogen and oxygen atoms in total. The molecule has 2 aliphatic rings. The Morgan fingerprint density at radius 1 is 1.07 bits per heavy atom. The summed E-state index contributed by atoms with van der Waals surface area (Å²) in [6.07, 6.45) is 1.89. The van der Waals surface area contributed by atoms with Crippen molar-refractivity contribution in [3.05, 3.63) is 71.3 Å². The van der Waals surface area contributed by atoms with E-state index < -0.39 is 5.54 Å². The van der Waals surface area contributed by atoms with Crippen LogP contribution in [0.3, 0.4) is 0 Å². The van der Waals surface area contributed by atoms with Crippen LogP contribution in [0.2, 0.25) is 0 Å². The minimum Gasteiger partial charge on any atom is -0.376 e. The fourth-order valence-electron chi connectivity index (χ4n) is 4.77. The van der Waals surface area contributed by atoms with Crippen molar-refractivity contribution in [1.29, 1.82) is 0 Å². The molecule has 2 aromatic rings. The van der Waals surface area contributed by atoms with Gasteiger partial charge in [0.25, 0.3) is 0 Å². The van der Waals surface area contributed by atoms with Crippen molar-refractivity contribution in [3.8, 4) is 0 Å². The minimum atomic E-state index is -0.390. The standard InChI is InChI=1S/C23H28N2O2/c1-17(18-9-5-4-6-10-18)24-21(26)25-22(2,3)15-27-16-23(25)14-13-19-11-7-8-12-20(19)23/h4-12,17H,13-16H2,1-3H3,(H,24,26)/t17-,23+/m1/s1. The molecular formula is C23H28N2O2. The molecule has 0 bridgehead atoms. The lowest BCUT2D eigenvalue weighted by atomic mass is 9.84. The van der Waals surface area contributed by atoms with Gasteiger partial charge in [-0.1, -0.05) is 54.6 Å². The van der Waals surface area contributed by atoms with Gasteiger partial charge in [-0.15, -0.1) is 0 Å². The fraction of sp³-hybridized carbons (Fsp3) is 0.435. The molecule has 1 spiro atoms. The van der Waals surface area contributed by atoms with Crippen LogP contribution in [0.15, 0.2) is 54.6 Å². The second kappa shape index (κ2) is 6.68. The van der Waals surface area contributed by atoms with Gasteiger partial charge in [-0.25, -0.2) is 4.79 Å². The van der Waals surface area contributed by atoms with Crippen molar-refractivity contribution in [3.63, 3.8) is 0 Å². The molecule has 1 aliphatic carbocycles. The number of hydrogen-bond donors (Lipinski definition) is 1. The van der Waals surface area contributed by atoms with E-state index in [1.165, 1.54) is 11.1 Å². The number of morpholine rings is 1. The van der Waals surface area contributed by atoms with Gasteiger partial charge in [0.15, 0.2) is 0 Å². The number of urea groups is 1. The Balaban J connectivity index is 1.68. The van der Waals surface area contributed by atoms with Gasteiger partial charge in [0, 0.05) is 0 Å². The molecule has 1 saturated heterocycles. The van der Waals surface area contributed by atoms with Crippen molar-refractivity contribution in [2.75, 3.05) is 13.2 Å². The third-order valence-corrected chi connectivity index (χ3v) is 6.00. The topological polar surface area (TPSA) is 41.6 Å². The highest BCUT2D eigenvalue weighted by Crippen LogP contribution is 2.47. The average Bonchev–Trinajstić information content (AvgIpc) is 3.00. The Kier molecular flexibility index (Phi) is 4.47. The lowest BCUT2D eigenvalue weighted by Gasteiger charge is -2.54. The van der Waals surface area contributed by atoms with E-state index >= 15 is 0 Å². The Labute approximate surface area is 161 Å². The number of rotatable bonds is 2. The van der Waals surface area contributed by atoms with Crippen LogP contribution in [-0.4, -0.2) is 29.7 Å². The van der Waals surface area contributed by atoms with Crippen molar-refractivity contribution >= 4 is 6.03 Å². The molecule has 0 unspecified atom stereocenters. The molecule has 1 aliphatic heterocycles. The number of ether oxygens (including phenoxy) is 1. The van der Waals surface area contributed by atoms with E-state index in [1.807, 2.05) is 25.1 Å². The van der Waals surface area contributed by atoms with Gasteiger partial charge < -0.3 is 15.0 Å². The zero-order chi connectivity index (χ0) is 19.1. The first-order valence-corrected chi connectivity index (χ1v) is 9.76. The fourth-order valence-corrected chi connectivity index (χ4v) is 4.77. The Morgan fingerprint density at radius 3 is 2.56 bits per heavy atom. The van der Waals surface area contributed by atoms with Crippen LogP contribution in [0.5, 0.6) is 0 Å². The maximum absolute atomic E-state index is 13.5. The second-order valence-electron chi connectivity index (χ2n) is 8.41. The van der Waals surface area contributed by atoms with E-state index in [1.54, 1.807) is 0 Å². The Bertz CT molecular complexity index is 829. The molecule has 27 heavy (non-hydrogen) atoms. The number of fused-ring (bicyclic) bond motifs is 2. The zero-order valence-corrected chi connectivity index (χ0v) is 16.4. The maximum Gasteiger partial charge on any atom is 0.319 e. The molecule has 2 amide bonds. The third kappa shape index (κ3) is 3.02. The van der Waals surface area contributed by atoms with Gasteiger partial charge in [0.1, 0.15) is 0 Å². The van der Waals surface area contributed by atoms with Crippen LogP contribution < -0.4 is 5.32 Å². The second-order valence-corrected chi connectivity index (χ2v) is 8.41. The predicted molar refractivity (Wildman–Crippen MR) is 107 cm³/mol. The highest BCUT2D eigenvalue weighted by atomic mass is 16.5. The summed E-state index contributed by atoms with van der Waals surface area (Å²) in [7, 11) is 0. The molecule has 4 rings (SSSR count). The predicted octanol–water partition coefficient (Wildman–Crippen LogP) is 4.41. The monoisotopic (exact) mass is 364 g/mol. The molecule has 1 fully saturated rings. The molecule has 2 atom stereocenters. The SMILES string of the molecule is C[C@@H](NC(=O)N1C(C)(C)COC[C@]12CCc1ccccc12)c1ccccc1. The number of aryl methyl sites for hydroxylation is 1. The maximum atomic E-state index is 13.5.